The van der Waals surface area contributed by atoms with Crippen LogP contribution in [0.25, 0.3) is 0 Å². The maximum absolute atomic E-state index is 13.8. The number of hydrogen-bond acceptors (Lipinski definition) is 3. The van der Waals surface area contributed by atoms with E-state index in [-0.39, 0.29) is 10.7 Å². The van der Waals surface area contributed by atoms with E-state index in [4.69, 9.17) is 9.16 Å². The summed E-state index contributed by atoms with van der Waals surface area (Å²) in [6.07, 6.45) is -4.61. The van der Waals surface area contributed by atoms with Gasteiger partial charge in [-0.15, -0.1) is 0 Å². The zero-order valence-electron chi connectivity index (χ0n) is 16.2. The molecule has 1 aliphatic rings. The predicted molar refractivity (Wildman–Crippen MR) is 97.0 cm³/mol. The minimum atomic E-state index is -4.61. The van der Waals surface area contributed by atoms with Crippen LogP contribution in [0.5, 0.6) is 5.75 Å². The Bertz CT molecular complexity index is 682. The number of β-lactam (4-membered cyclic amide) rings is 1. The number of carbonyl (C=O) groups is 1. The van der Waals surface area contributed by atoms with Crippen LogP contribution in [0.2, 0.25) is 18.1 Å². The number of anilines is 1. The summed E-state index contributed by atoms with van der Waals surface area (Å²) in [6.45, 7) is 10.7. The summed E-state index contributed by atoms with van der Waals surface area (Å²) < 4.78 is 52.5. The lowest BCUT2D eigenvalue weighted by Crippen LogP contribution is -2.80. The largest absolute Gasteiger partial charge is 0.497 e. The summed E-state index contributed by atoms with van der Waals surface area (Å²) in [4.78, 5) is 13.6. The summed E-state index contributed by atoms with van der Waals surface area (Å²) >= 11 is 0. The third-order valence-corrected chi connectivity index (χ3v) is 9.90. The van der Waals surface area contributed by atoms with Crippen molar-refractivity contribution in [3.63, 3.8) is 0 Å². The molecule has 0 unspecified atom stereocenters. The average Bonchev–Trinajstić information content (AvgIpc) is 2.49. The van der Waals surface area contributed by atoms with Crippen LogP contribution in [0.15, 0.2) is 24.3 Å². The number of rotatable bonds is 4. The number of hydrogen-bond donors (Lipinski definition) is 0. The van der Waals surface area contributed by atoms with Crippen LogP contribution < -0.4 is 9.64 Å². The highest BCUT2D eigenvalue weighted by Crippen LogP contribution is 2.50. The first-order valence-corrected chi connectivity index (χ1v) is 11.3. The normalized spacial score (nSPS) is 24.5. The Morgan fingerprint density at radius 2 is 1.62 bits per heavy atom. The van der Waals surface area contributed by atoms with Crippen molar-refractivity contribution in [2.24, 2.45) is 0 Å². The Balaban J connectivity index is 2.41. The summed E-state index contributed by atoms with van der Waals surface area (Å²) in [6, 6.07) is 3.92. The van der Waals surface area contributed by atoms with Gasteiger partial charge in [0.05, 0.1) is 7.11 Å². The molecule has 0 spiro atoms. The van der Waals surface area contributed by atoms with Crippen molar-refractivity contribution in [3.8, 4) is 5.75 Å². The first kappa shape index (κ1) is 20.8. The van der Waals surface area contributed by atoms with Crippen LogP contribution in [0.1, 0.15) is 27.7 Å². The molecule has 1 aromatic rings. The van der Waals surface area contributed by atoms with Crippen molar-refractivity contribution < 1.29 is 27.1 Å². The van der Waals surface area contributed by atoms with E-state index in [1.165, 1.54) is 38.3 Å². The van der Waals surface area contributed by atoms with Gasteiger partial charge >= 0.3 is 6.18 Å². The second kappa shape index (κ2) is 6.26. The lowest BCUT2D eigenvalue weighted by atomic mass is 9.82. The fourth-order valence-corrected chi connectivity index (χ4v) is 4.47. The number of ether oxygens (including phenoxy) is 1. The molecule has 146 valence electrons. The molecule has 1 aliphatic heterocycles. The van der Waals surface area contributed by atoms with Gasteiger partial charge in [-0.05, 0) is 49.3 Å². The van der Waals surface area contributed by atoms with Crippen LogP contribution in [0.3, 0.4) is 0 Å². The molecule has 26 heavy (non-hydrogen) atoms. The van der Waals surface area contributed by atoms with E-state index in [2.05, 4.69) is 0 Å². The Kier molecular flexibility index (Phi) is 5.00. The Morgan fingerprint density at radius 1 is 1.12 bits per heavy atom. The standard InChI is InChI=1S/C18H26F3NO3Si/c1-16(2,3)26(6,7)25-17(4)14(18(19,20)21)22(15(17)23)12-8-10-13(24-5)11-9-12/h8-11,14H,1-7H3/t14-,17-/m1/s1. The maximum Gasteiger partial charge on any atom is 0.412 e. The second-order valence-electron chi connectivity index (χ2n) is 8.29. The Labute approximate surface area is 153 Å². The fourth-order valence-electron chi connectivity index (χ4n) is 2.90. The van der Waals surface area contributed by atoms with Gasteiger partial charge in [0.1, 0.15) is 5.75 Å². The zero-order valence-corrected chi connectivity index (χ0v) is 17.2. The van der Waals surface area contributed by atoms with Crippen LogP contribution >= 0.6 is 0 Å². The van der Waals surface area contributed by atoms with Gasteiger partial charge in [0.25, 0.3) is 5.91 Å². The Morgan fingerprint density at radius 3 is 2.00 bits per heavy atom. The van der Waals surface area contributed by atoms with Crippen molar-refractivity contribution in [1.82, 2.24) is 0 Å². The van der Waals surface area contributed by atoms with Gasteiger partial charge in [-0.2, -0.15) is 13.2 Å². The van der Waals surface area contributed by atoms with Crippen molar-refractivity contribution in [1.29, 1.82) is 0 Å². The number of carbonyl (C=O) groups excluding carboxylic acids is 1. The highest BCUT2D eigenvalue weighted by Gasteiger charge is 2.71. The van der Waals surface area contributed by atoms with Gasteiger partial charge in [0, 0.05) is 5.69 Å². The molecule has 0 aliphatic carbocycles. The van der Waals surface area contributed by atoms with E-state index in [0.29, 0.717) is 5.75 Å². The van der Waals surface area contributed by atoms with Crippen molar-refractivity contribution in [3.05, 3.63) is 24.3 Å². The molecule has 0 radical (unpaired) electrons. The number of benzene rings is 1. The third-order valence-electron chi connectivity index (χ3n) is 5.36. The number of methoxy groups -OCH3 is 1. The smallest absolute Gasteiger partial charge is 0.412 e. The highest BCUT2D eigenvalue weighted by atomic mass is 28.4. The van der Waals surface area contributed by atoms with Gasteiger partial charge in [-0.25, -0.2) is 0 Å². The topological polar surface area (TPSA) is 38.8 Å². The molecule has 1 saturated heterocycles. The van der Waals surface area contributed by atoms with Gasteiger partial charge < -0.3 is 9.16 Å². The van der Waals surface area contributed by atoms with Crippen LogP contribution in [-0.4, -0.2) is 39.2 Å². The summed E-state index contributed by atoms with van der Waals surface area (Å²) in [5.74, 6) is -0.166. The minimum absolute atomic E-state index is 0.175. The summed E-state index contributed by atoms with van der Waals surface area (Å²) in [7, 11) is -1.12. The third kappa shape index (κ3) is 3.36. The molecule has 1 fully saturated rings. The van der Waals surface area contributed by atoms with Crippen LogP contribution in [0.4, 0.5) is 18.9 Å². The number of halogens is 3. The minimum Gasteiger partial charge on any atom is -0.497 e. The fraction of sp³-hybridized carbons (Fsp3) is 0.611. The van der Waals surface area contributed by atoms with E-state index in [9.17, 15) is 18.0 Å². The van der Waals surface area contributed by atoms with Gasteiger partial charge in [0.15, 0.2) is 20.0 Å². The summed E-state index contributed by atoms with van der Waals surface area (Å²) in [5, 5.41) is -0.313. The van der Waals surface area contributed by atoms with E-state index in [0.717, 1.165) is 4.90 Å². The molecule has 0 N–H and O–H groups in total. The lowest BCUT2D eigenvalue weighted by Gasteiger charge is -2.57. The van der Waals surface area contributed by atoms with Crippen molar-refractivity contribution in [2.75, 3.05) is 12.0 Å². The SMILES string of the molecule is COc1ccc(N2C(=O)[C@](C)(O[Si](C)(C)C(C)(C)C)[C@@H]2C(F)(F)F)cc1. The summed E-state index contributed by atoms with van der Waals surface area (Å²) in [5.41, 5.74) is -1.74. The van der Waals surface area contributed by atoms with Gasteiger partial charge in [-0.3, -0.25) is 9.69 Å². The molecule has 1 aromatic carbocycles. The molecule has 1 amide bonds. The highest BCUT2D eigenvalue weighted by molar-refractivity contribution is 6.74. The molecule has 2 atom stereocenters. The predicted octanol–water partition coefficient (Wildman–Crippen LogP) is 4.75. The Hall–Kier alpha value is -1.54. The van der Waals surface area contributed by atoms with Crippen LogP contribution in [0, 0.1) is 0 Å². The molecule has 1 heterocycles. The van der Waals surface area contributed by atoms with Gasteiger partial charge in [-0.1, -0.05) is 20.8 Å². The first-order valence-electron chi connectivity index (χ1n) is 8.40. The zero-order chi connectivity index (χ0) is 20.1. The van der Waals surface area contributed by atoms with Crippen molar-refractivity contribution in [2.45, 2.75) is 63.6 Å². The monoisotopic (exact) mass is 389 g/mol. The second-order valence-corrected chi connectivity index (χ2v) is 13.0. The molecular weight excluding hydrogens is 363 g/mol. The lowest BCUT2D eigenvalue weighted by molar-refractivity contribution is -0.212. The number of nitrogens with zero attached hydrogens (tertiary/aromatic N) is 1. The van der Waals surface area contributed by atoms with Crippen molar-refractivity contribution >= 4 is 19.9 Å². The first-order chi connectivity index (χ1) is 11.6. The number of amides is 1. The van der Waals surface area contributed by atoms with E-state index in [1.807, 2.05) is 33.9 Å². The molecule has 0 saturated carbocycles. The average molecular weight is 389 g/mol. The van der Waals surface area contributed by atoms with Gasteiger partial charge in [0.2, 0.25) is 0 Å². The molecule has 4 nitrogen and oxygen atoms in total. The number of alkyl halides is 3. The molecule has 0 aromatic heterocycles. The van der Waals surface area contributed by atoms with Crippen LogP contribution in [-0.2, 0) is 9.22 Å². The molecule has 8 heteroatoms. The van der Waals surface area contributed by atoms with E-state index < -0.39 is 32.0 Å². The molecule has 2 rings (SSSR count). The molecular formula is C18H26F3NO3Si. The quantitative estimate of drug-likeness (QED) is 0.551. The maximum atomic E-state index is 13.8. The van der Waals surface area contributed by atoms with E-state index in [1.54, 1.807) is 0 Å². The molecule has 0 bridgehead atoms. The van der Waals surface area contributed by atoms with E-state index >= 15 is 0 Å².